The smallest absolute Gasteiger partial charge is 0.317 e. The van der Waals surface area contributed by atoms with E-state index in [1.54, 1.807) is 0 Å². The number of carboxylic acids is 4. The molecule has 7 N–H and O–H groups in total. The van der Waals surface area contributed by atoms with E-state index >= 15 is 0 Å². The van der Waals surface area contributed by atoms with Gasteiger partial charge in [0.1, 0.15) is 0 Å². The molecule has 0 bridgehead atoms. The summed E-state index contributed by atoms with van der Waals surface area (Å²) in [5.74, 6) is -5.73. The van der Waals surface area contributed by atoms with Gasteiger partial charge in [0.2, 0.25) is 10.0 Å². The molecule has 0 aliphatic carbocycles. The van der Waals surface area contributed by atoms with Gasteiger partial charge in [0.15, 0.2) is 0 Å². The zero-order valence-electron chi connectivity index (χ0n) is 21.0. The Morgan fingerprint density at radius 1 is 0.675 bits per heavy atom. The molecule has 0 heterocycles. The number of carbonyl (C=O) groups is 5. The molecule has 0 saturated heterocycles. The summed E-state index contributed by atoms with van der Waals surface area (Å²) in [4.78, 5) is 59.9. The van der Waals surface area contributed by atoms with Crippen molar-refractivity contribution in [2.45, 2.75) is 24.5 Å². The topological polar surface area (TPSA) is 245 Å². The predicted octanol–water partition coefficient (Wildman–Crippen LogP) is -0.794. The summed E-state index contributed by atoms with van der Waals surface area (Å²) in [5.41, 5.74) is 1.26. The molecule has 0 fully saturated rings. The van der Waals surface area contributed by atoms with Crippen molar-refractivity contribution in [1.29, 1.82) is 0 Å². The van der Waals surface area contributed by atoms with Crippen LogP contribution in [0.15, 0.2) is 47.4 Å². The molecule has 0 unspecified atom stereocenters. The summed E-state index contributed by atoms with van der Waals surface area (Å²) in [6.45, 7) is -2.86. The minimum atomic E-state index is -3.90. The van der Waals surface area contributed by atoms with Crippen molar-refractivity contribution in [3.8, 4) is 0 Å². The van der Waals surface area contributed by atoms with E-state index in [9.17, 15) is 32.4 Å². The average molecular weight is 581 g/mol. The van der Waals surface area contributed by atoms with Crippen LogP contribution in [0.3, 0.4) is 0 Å². The van der Waals surface area contributed by atoms with Gasteiger partial charge in [-0.3, -0.25) is 33.8 Å². The number of benzene rings is 2. The minimum Gasteiger partial charge on any atom is -0.480 e. The van der Waals surface area contributed by atoms with Gasteiger partial charge in [0.25, 0.3) is 5.91 Å². The number of nitrogens with zero attached hydrogens (tertiary/aromatic N) is 2. The fourth-order valence-electron chi connectivity index (χ4n) is 3.77. The third-order valence-corrected chi connectivity index (χ3v) is 6.20. The van der Waals surface area contributed by atoms with Crippen LogP contribution in [0.2, 0.25) is 0 Å². The van der Waals surface area contributed by atoms with Gasteiger partial charge in [-0.15, -0.1) is 0 Å². The Kier molecular flexibility index (Phi) is 11.2. The Labute approximate surface area is 228 Å². The van der Waals surface area contributed by atoms with Gasteiger partial charge in [0.05, 0.1) is 31.1 Å². The molecule has 2 aromatic rings. The van der Waals surface area contributed by atoms with Crippen LogP contribution in [0.4, 0.5) is 0 Å². The van der Waals surface area contributed by atoms with E-state index in [2.05, 4.69) is 5.32 Å². The molecule has 216 valence electrons. The third-order valence-electron chi connectivity index (χ3n) is 5.27. The van der Waals surface area contributed by atoms with E-state index in [4.69, 9.17) is 25.6 Å². The van der Waals surface area contributed by atoms with Crippen LogP contribution >= 0.6 is 0 Å². The van der Waals surface area contributed by atoms with Crippen molar-refractivity contribution in [3.05, 3.63) is 64.7 Å². The fraction of sp³-hybridized carbons (Fsp3) is 0.292. The molecule has 0 saturated carbocycles. The zero-order valence-corrected chi connectivity index (χ0v) is 21.8. The Morgan fingerprint density at radius 3 is 1.43 bits per heavy atom. The number of hydrogen-bond acceptors (Lipinski definition) is 9. The number of primary sulfonamides is 1. The van der Waals surface area contributed by atoms with Crippen molar-refractivity contribution in [1.82, 2.24) is 15.1 Å². The highest BCUT2D eigenvalue weighted by atomic mass is 32.2. The highest BCUT2D eigenvalue weighted by Crippen LogP contribution is 2.16. The van der Waals surface area contributed by atoms with Gasteiger partial charge in [-0.25, -0.2) is 13.6 Å². The SMILES string of the molecule is NS(=O)(=O)c1ccc(CNC(=O)c2cc(CN(CC(=O)O)CC(=O)O)cc(CN(CC(=O)O)CC(=O)O)c2)cc1. The van der Waals surface area contributed by atoms with Crippen LogP contribution in [0.5, 0.6) is 0 Å². The lowest BCUT2D eigenvalue weighted by Gasteiger charge is -2.21. The lowest BCUT2D eigenvalue weighted by atomic mass is 10.0. The molecule has 0 aromatic heterocycles. The van der Waals surface area contributed by atoms with E-state index in [0.29, 0.717) is 16.7 Å². The zero-order chi connectivity index (χ0) is 30.0. The second kappa shape index (κ2) is 14.1. The maximum atomic E-state index is 13.0. The lowest BCUT2D eigenvalue weighted by Crippen LogP contribution is -2.35. The number of carboxylic acid groups (broad SMARTS) is 4. The third kappa shape index (κ3) is 11.2. The summed E-state index contributed by atoms with van der Waals surface area (Å²) in [6, 6.07) is 9.75. The predicted molar refractivity (Wildman–Crippen MR) is 137 cm³/mol. The summed E-state index contributed by atoms with van der Waals surface area (Å²) in [6.07, 6.45) is 0. The molecular weight excluding hydrogens is 552 g/mol. The van der Waals surface area contributed by atoms with Gasteiger partial charge >= 0.3 is 23.9 Å². The largest absolute Gasteiger partial charge is 0.480 e. The second-order valence-corrected chi connectivity index (χ2v) is 10.3. The number of nitrogens with one attached hydrogen (secondary N) is 1. The lowest BCUT2D eigenvalue weighted by molar-refractivity contribution is -0.144. The number of aliphatic carboxylic acids is 4. The van der Waals surface area contributed by atoms with Gasteiger partial charge < -0.3 is 25.7 Å². The molecular formula is C24H28N4O11S. The van der Waals surface area contributed by atoms with Gasteiger partial charge in [-0.2, -0.15) is 0 Å². The van der Waals surface area contributed by atoms with Crippen LogP contribution in [-0.4, -0.2) is 94.6 Å². The molecule has 40 heavy (non-hydrogen) atoms. The van der Waals surface area contributed by atoms with Crippen LogP contribution in [-0.2, 0) is 48.8 Å². The molecule has 15 nitrogen and oxygen atoms in total. The molecule has 1 amide bonds. The first kappa shape index (κ1) is 31.8. The van der Waals surface area contributed by atoms with E-state index in [0.717, 1.165) is 9.80 Å². The first-order valence-corrected chi connectivity index (χ1v) is 13.0. The number of sulfonamides is 1. The standard InChI is InChI=1S/C24H28N4O11S/c25-40(38,39)19-3-1-15(2-4-19)8-26-24(37)18-6-16(9-27(11-20(29)30)12-21(31)32)5-17(7-18)10-28(13-22(33)34)14-23(35)36/h1-7H,8-14H2,(H,26,37)(H,29,30)(H,31,32)(H,33,34)(H,35,36)(H2,25,38,39). The first-order valence-electron chi connectivity index (χ1n) is 11.5. The number of nitrogens with two attached hydrogens (primary N) is 1. The number of hydrogen-bond donors (Lipinski definition) is 6. The van der Waals surface area contributed by atoms with Gasteiger partial charge in [-0.05, 0) is 41.0 Å². The normalized spacial score (nSPS) is 11.4. The molecule has 0 aliphatic heterocycles. The molecule has 0 atom stereocenters. The molecule has 0 aliphatic rings. The molecule has 2 aromatic carbocycles. The van der Waals surface area contributed by atoms with Crippen LogP contribution in [0, 0.1) is 0 Å². The highest BCUT2D eigenvalue weighted by molar-refractivity contribution is 7.89. The van der Waals surface area contributed by atoms with Crippen molar-refractivity contribution in [2.24, 2.45) is 5.14 Å². The van der Waals surface area contributed by atoms with E-state index < -0.39 is 66.0 Å². The number of rotatable bonds is 16. The van der Waals surface area contributed by atoms with E-state index in [1.807, 2.05) is 0 Å². The van der Waals surface area contributed by atoms with Gasteiger partial charge in [-0.1, -0.05) is 18.2 Å². The monoisotopic (exact) mass is 580 g/mol. The molecule has 0 spiro atoms. The van der Waals surface area contributed by atoms with Crippen molar-refractivity contribution >= 4 is 39.8 Å². The van der Waals surface area contributed by atoms with E-state index in [-0.39, 0.29) is 30.1 Å². The number of carbonyl (C=O) groups excluding carboxylic acids is 1. The maximum absolute atomic E-state index is 13.0. The summed E-state index contributed by atoms with van der Waals surface area (Å²) in [7, 11) is -3.90. The van der Waals surface area contributed by atoms with Crippen LogP contribution in [0.1, 0.15) is 27.0 Å². The Hall–Kier alpha value is -4.38. The van der Waals surface area contributed by atoms with Crippen LogP contribution in [0.25, 0.3) is 0 Å². The second-order valence-electron chi connectivity index (χ2n) is 8.78. The van der Waals surface area contributed by atoms with Crippen molar-refractivity contribution in [2.75, 3.05) is 26.2 Å². The maximum Gasteiger partial charge on any atom is 0.317 e. The highest BCUT2D eigenvalue weighted by Gasteiger charge is 2.19. The van der Waals surface area contributed by atoms with E-state index in [1.165, 1.54) is 42.5 Å². The van der Waals surface area contributed by atoms with Crippen LogP contribution < -0.4 is 10.5 Å². The minimum absolute atomic E-state index is 0.0163. The number of amides is 1. The summed E-state index contributed by atoms with van der Waals surface area (Å²) in [5, 5.41) is 44.3. The Morgan fingerprint density at radius 2 is 1.07 bits per heavy atom. The molecule has 16 heteroatoms. The quantitative estimate of drug-likeness (QED) is 0.143. The van der Waals surface area contributed by atoms with Gasteiger partial charge in [0, 0.05) is 25.2 Å². The summed E-state index contributed by atoms with van der Waals surface area (Å²) < 4.78 is 22.8. The van der Waals surface area contributed by atoms with Crippen molar-refractivity contribution < 1.29 is 52.8 Å². The van der Waals surface area contributed by atoms with Crippen molar-refractivity contribution in [3.63, 3.8) is 0 Å². The molecule has 0 radical (unpaired) electrons. The Balaban J connectivity index is 2.36. The first-order chi connectivity index (χ1) is 18.6. The fourth-order valence-corrected chi connectivity index (χ4v) is 4.29. The summed E-state index contributed by atoms with van der Waals surface area (Å²) >= 11 is 0. The molecule has 2 rings (SSSR count). The average Bonchev–Trinajstić information content (AvgIpc) is 2.80. The Bertz CT molecular complexity index is 1290.